The van der Waals surface area contributed by atoms with E-state index in [1.807, 2.05) is 0 Å². The molecule has 0 bridgehead atoms. The van der Waals surface area contributed by atoms with Gasteiger partial charge in [0, 0.05) is 17.2 Å². The maximum atomic E-state index is 13.2. The number of methoxy groups -OCH3 is 2. The van der Waals surface area contributed by atoms with Gasteiger partial charge in [-0.2, -0.15) is 0 Å². The highest BCUT2D eigenvalue weighted by Gasteiger charge is 2.58. The Morgan fingerprint density at radius 1 is 1.13 bits per heavy atom. The Bertz CT molecular complexity index is 910. The number of rotatable bonds is 6. The van der Waals surface area contributed by atoms with Gasteiger partial charge in [0.25, 0.3) is 5.79 Å². The molecule has 0 amide bonds. The minimum absolute atomic E-state index is 0.00780. The summed E-state index contributed by atoms with van der Waals surface area (Å²) in [6.45, 7) is -0.00780. The van der Waals surface area contributed by atoms with Crippen molar-refractivity contribution in [3.8, 4) is 5.75 Å². The maximum Gasteiger partial charge on any atom is 0.334 e. The molecule has 0 radical (unpaired) electrons. The van der Waals surface area contributed by atoms with Crippen LogP contribution in [-0.4, -0.2) is 38.1 Å². The predicted octanol–water partition coefficient (Wildman–Crippen LogP) is 2.91. The monoisotopic (exact) mass is 430 g/mol. The van der Waals surface area contributed by atoms with Gasteiger partial charge in [-0.25, -0.2) is 4.79 Å². The van der Waals surface area contributed by atoms with Crippen LogP contribution >= 0.6 is 0 Å². The van der Waals surface area contributed by atoms with E-state index in [-0.39, 0.29) is 12.4 Å². The van der Waals surface area contributed by atoms with Crippen molar-refractivity contribution in [2.24, 2.45) is 11.3 Å². The zero-order chi connectivity index (χ0) is 22.1. The van der Waals surface area contributed by atoms with E-state index in [0.717, 1.165) is 19.3 Å². The number of carbonyl (C=O) groups is 2. The van der Waals surface area contributed by atoms with Crippen molar-refractivity contribution >= 4 is 11.9 Å². The Labute approximate surface area is 180 Å². The summed E-state index contributed by atoms with van der Waals surface area (Å²) in [7, 11) is 2.88. The Morgan fingerprint density at radius 2 is 1.84 bits per heavy atom. The summed E-state index contributed by atoms with van der Waals surface area (Å²) < 4.78 is 26.8. The fraction of sp³-hybridized carbons (Fsp3) is 0.478. The first-order chi connectivity index (χ1) is 14.9. The summed E-state index contributed by atoms with van der Waals surface area (Å²) in [4.78, 5) is 25.6. The third-order valence-electron chi connectivity index (χ3n) is 6.37. The van der Waals surface area contributed by atoms with Crippen LogP contribution in [0.3, 0.4) is 0 Å². The van der Waals surface area contributed by atoms with Gasteiger partial charge in [0.15, 0.2) is 0 Å². The molecule has 1 aliphatic carbocycles. The zero-order valence-corrected chi connectivity index (χ0v) is 17.6. The summed E-state index contributed by atoms with van der Waals surface area (Å²) in [5.74, 6) is -3.02. The Balaban J connectivity index is 1.85. The number of hydrogen-bond donors (Lipinski definition) is 1. The fourth-order valence-electron chi connectivity index (χ4n) is 4.90. The van der Waals surface area contributed by atoms with Gasteiger partial charge in [-0.3, -0.25) is 4.79 Å². The van der Waals surface area contributed by atoms with Crippen molar-refractivity contribution in [2.75, 3.05) is 21.0 Å². The smallest absolute Gasteiger partial charge is 0.334 e. The third kappa shape index (κ3) is 3.54. The Kier molecular flexibility index (Phi) is 5.66. The number of allylic oxidation sites excluding steroid dienone is 1. The normalized spacial score (nSPS) is 25.5. The largest absolute Gasteiger partial charge is 0.497 e. The van der Waals surface area contributed by atoms with Crippen LogP contribution in [0.2, 0.25) is 0 Å². The number of hydrogen-bond acceptors (Lipinski definition) is 8. The van der Waals surface area contributed by atoms with Gasteiger partial charge in [-0.05, 0) is 37.1 Å². The van der Waals surface area contributed by atoms with Gasteiger partial charge in [0.1, 0.15) is 17.8 Å². The first-order valence-electron chi connectivity index (χ1n) is 10.3. The van der Waals surface area contributed by atoms with Crippen molar-refractivity contribution in [2.45, 2.75) is 37.9 Å². The first kappa shape index (κ1) is 21.2. The van der Waals surface area contributed by atoms with Gasteiger partial charge in [0.2, 0.25) is 6.79 Å². The second-order valence-corrected chi connectivity index (χ2v) is 7.98. The van der Waals surface area contributed by atoms with Crippen LogP contribution in [0.25, 0.3) is 0 Å². The van der Waals surface area contributed by atoms with E-state index in [9.17, 15) is 14.7 Å². The number of carbonyl (C=O) groups excluding carboxylic acids is 2. The lowest BCUT2D eigenvalue weighted by molar-refractivity contribution is -0.190. The van der Waals surface area contributed by atoms with E-state index >= 15 is 0 Å². The van der Waals surface area contributed by atoms with Gasteiger partial charge in [0.05, 0.1) is 25.6 Å². The van der Waals surface area contributed by atoms with Crippen molar-refractivity contribution in [1.29, 1.82) is 0 Å². The van der Waals surface area contributed by atoms with E-state index in [1.165, 1.54) is 26.6 Å². The Hall–Kier alpha value is -3.00. The number of aliphatic hydroxyl groups is 1. The molecule has 3 aliphatic rings. The number of esters is 2. The molecule has 0 aromatic heterocycles. The molecule has 1 aromatic rings. The molecule has 2 unspecified atom stereocenters. The Morgan fingerprint density at radius 3 is 2.42 bits per heavy atom. The molecule has 4 rings (SSSR count). The van der Waals surface area contributed by atoms with Crippen molar-refractivity contribution in [1.82, 2.24) is 0 Å². The molecule has 166 valence electrons. The van der Waals surface area contributed by atoms with Gasteiger partial charge < -0.3 is 28.8 Å². The second kappa shape index (κ2) is 8.26. The topological polar surface area (TPSA) is 101 Å². The van der Waals surface area contributed by atoms with Crippen LogP contribution in [-0.2, 0) is 34.3 Å². The lowest BCUT2D eigenvalue weighted by Gasteiger charge is -2.43. The van der Waals surface area contributed by atoms with E-state index < -0.39 is 29.1 Å². The lowest BCUT2D eigenvalue weighted by Crippen LogP contribution is -2.46. The van der Waals surface area contributed by atoms with Gasteiger partial charge in [-0.1, -0.05) is 19.3 Å². The molecule has 8 heteroatoms. The highest BCUT2D eigenvalue weighted by Crippen LogP contribution is 2.55. The molecule has 1 N–H and O–H groups in total. The summed E-state index contributed by atoms with van der Waals surface area (Å²) >= 11 is 0. The van der Waals surface area contributed by atoms with Crippen molar-refractivity contribution in [3.05, 3.63) is 53.5 Å². The summed E-state index contributed by atoms with van der Waals surface area (Å²) in [6.07, 6.45) is 6.33. The maximum absolute atomic E-state index is 13.2. The van der Waals surface area contributed by atoms with Crippen LogP contribution < -0.4 is 4.74 Å². The molecule has 1 aromatic carbocycles. The van der Waals surface area contributed by atoms with Gasteiger partial charge in [-0.15, -0.1) is 0 Å². The number of ether oxygens (including phenoxy) is 5. The number of cyclic esters (lactones) is 1. The summed E-state index contributed by atoms with van der Waals surface area (Å²) in [5.41, 5.74) is -0.454. The molecule has 1 saturated carbocycles. The average Bonchev–Trinajstić information content (AvgIpc) is 3.42. The first-order valence-corrected chi connectivity index (χ1v) is 10.3. The molecule has 0 spiro atoms. The second-order valence-electron chi connectivity index (χ2n) is 7.98. The highest BCUT2D eigenvalue weighted by atomic mass is 16.7. The standard InChI is InChI=1S/C23H26O8/c1-27-16-8-6-15(7-9-16)23(26)17(12-19(24)31-23)20(18-13-29-14-30-18)22(21(25)28-2)10-4-3-5-11-22/h6-9,12-13,20,26H,3-5,10-11,14H2,1-2H3. The molecule has 1 fully saturated rings. The average molecular weight is 430 g/mol. The summed E-state index contributed by atoms with van der Waals surface area (Å²) in [6, 6.07) is 6.57. The van der Waals surface area contributed by atoms with E-state index in [4.69, 9.17) is 23.7 Å². The summed E-state index contributed by atoms with van der Waals surface area (Å²) in [5, 5.41) is 11.7. The van der Waals surface area contributed by atoms with Gasteiger partial charge >= 0.3 is 11.9 Å². The van der Waals surface area contributed by atoms with E-state index in [0.29, 0.717) is 29.9 Å². The minimum atomic E-state index is -2.07. The minimum Gasteiger partial charge on any atom is -0.497 e. The molecule has 31 heavy (non-hydrogen) atoms. The van der Waals surface area contributed by atoms with Crippen LogP contribution in [0.1, 0.15) is 37.7 Å². The third-order valence-corrected chi connectivity index (χ3v) is 6.37. The van der Waals surface area contributed by atoms with Crippen molar-refractivity contribution < 1.29 is 38.4 Å². The number of benzene rings is 1. The predicted molar refractivity (Wildman–Crippen MR) is 107 cm³/mol. The van der Waals surface area contributed by atoms with E-state index in [2.05, 4.69) is 0 Å². The van der Waals surface area contributed by atoms with Crippen LogP contribution in [0.15, 0.2) is 47.9 Å². The van der Waals surface area contributed by atoms with Crippen LogP contribution in [0.5, 0.6) is 5.75 Å². The molecule has 2 heterocycles. The lowest BCUT2D eigenvalue weighted by atomic mass is 9.61. The molecule has 2 atom stereocenters. The van der Waals surface area contributed by atoms with Crippen LogP contribution in [0.4, 0.5) is 0 Å². The molecular weight excluding hydrogens is 404 g/mol. The SMILES string of the molecule is COC(=O)C1(C(C2=COCO2)C2=CC(=O)OC2(O)c2ccc(OC)cc2)CCCCC1. The molecule has 2 aliphatic heterocycles. The molecule has 0 saturated heterocycles. The highest BCUT2D eigenvalue weighted by molar-refractivity contribution is 5.88. The fourth-order valence-corrected chi connectivity index (χ4v) is 4.90. The molecular formula is C23H26O8. The van der Waals surface area contributed by atoms with Crippen LogP contribution in [0, 0.1) is 11.3 Å². The molecule has 8 nitrogen and oxygen atoms in total. The van der Waals surface area contributed by atoms with E-state index in [1.54, 1.807) is 24.3 Å². The van der Waals surface area contributed by atoms with Crippen molar-refractivity contribution in [3.63, 3.8) is 0 Å². The zero-order valence-electron chi connectivity index (χ0n) is 17.6. The quantitative estimate of drug-likeness (QED) is 0.688.